The molecule has 5 aromatic rings. The molecule has 0 fully saturated rings. The summed E-state index contributed by atoms with van der Waals surface area (Å²) >= 11 is 5.90. The van der Waals surface area contributed by atoms with Gasteiger partial charge in [-0.3, -0.25) is 14.9 Å². The van der Waals surface area contributed by atoms with Crippen LogP contribution in [0.1, 0.15) is 10.4 Å². The topological polar surface area (TPSA) is 144 Å². The molecule has 1 N–H and O–H groups in total. The Labute approximate surface area is 206 Å². The first-order valence-electron chi connectivity index (χ1n) is 10.5. The number of hydrogen-bond donors (Lipinski definition) is 1. The fourth-order valence-corrected chi connectivity index (χ4v) is 3.92. The molecule has 0 saturated heterocycles. The molecule has 0 aliphatic heterocycles. The van der Waals surface area contributed by atoms with Crippen LogP contribution in [0.4, 0.5) is 17.1 Å². The summed E-state index contributed by atoms with van der Waals surface area (Å²) in [6.45, 7) is 0. The van der Waals surface area contributed by atoms with E-state index >= 15 is 0 Å². The van der Waals surface area contributed by atoms with E-state index in [2.05, 4.69) is 20.3 Å². The second kappa shape index (κ2) is 9.04. The number of methoxy groups -OCH3 is 1. The van der Waals surface area contributed by atoms with Crippen molar-refractivity contribution in [3.05, 3.63) is 97.8 Å². The van der Waals surface area contributed by atoms with Gasteiger partial charge in [-0.2, -0.15) is 5.10 Å². The van der Waals surface area contributed by atoms with Crippen LogP contribution >= 0.6 is 11.6 Å². The molecule has 0 amide bonds. The van der Waals surface area contributed by atoms with Gasteiger partial charge in [0.15, 0.2) is 17.0 Å². The summed E-state index contributed by atoms with van der Waals surface area (Å²) in [7, 11) is 1.27. The highest BCUT2D eigenvalue weighted by atomic mass is 35.5. The quantitative estimate of drug-likeness (QED) is 0.143. The first-order valence-corrected chi connectivity index (χ1v) is 10.8. The molecule has 178 valence electrons. The first kappa shape index (κ1) is 22.9. The largest absolute Gasteiger partial charge is 0.465 e. The van der Waals surface area contributed by atoms with Crippen molar-refractivity contribution >= 4 is 51.2 Å². The average molecular weight is 503 g/mol. The lowest BCUT2D eigenvalue weighted by atomic mass is 10.1. The number of benzene rings is 3. The normalized spacial score (nSPS) is 11.4. The lowest BCUT2D eigenvalue weighted by molar-refractivity contribution is -0.384. The van der Waals surface area contributed by atoms with E-state index < -0.39 is 10.9 Å². The van der Waals surface area contributed by atoms with Crippen molar-refractivity contribution < 1.29 is 14.5 Å². The number of nitrogens with zero attached hydrogens (tertiary/aromatic N) is 5. The number of H-pyrrole nitrogens is 1. The molecule has 3 aromatic carbocycles. The summed E-state index contributed by atoms with van der Waals surface area (Å²) in [6, 6.07) is 17.4. The number of aromatic amines is 1. The van der Waals surface area contributed by atoms with E-state index in [1.54, 1.807) is 48.5 Å². The fraction of sp³-hybridized carbons (Fsp3) is 0.0417. The number of carbonyl (C=O) groups excluding carboxylic acids is 1. The van der Waals surface area contributed by atoms with Crippen LogP contribution in [0.2, 0.25) is 5.02 Å². The van der Waals surface area contributed by atoms with Gasteiger partial charge in [-0.05, 0) is 36.4 Å². The Morgan fingerprint density at radius 1 is 1.11 bits per heavy atom. The summed E-state index contributed by atoms with van der Waals surface area (Å²) < 4.78 is 6.31. The Hall–Kier alpha value is -4.90. The third-order valence-corrected chi connectivity index (χ3v) is 5.65. The minimum atomic E-state index is -0.619. The van der Waals surface area contributed by atoms with Crippen LogP contribution in [0.3, 0.4) is 0 Å². The zero-order valence-corrected chi connectivity index (χ0v) is 19.3. The van der Waals surface area contributed by atoms with Gasteiger partial charge < -0.3 is 9.72 Å². The minimum Gasteiger partial charge on any atom is -0.465 e. The second-order valence-corrected chi connectivity index (χ2v) is 8.03. The van der Waals surface area contributed by atoms with Crippen molar-refractivity contribution in [2.24, 2.45) is 10.2 Å². The monoisotopic (exact) mass is 502 g/mol. The Bertz CT molecular complexity index is 1770. The van der Waals surface area contributed by atoms with Crippen LogP contribution in [-0.2, 0) is 4.74 Å². The molecule has 0 saturated carbocycles. The van der Waals surface area contributed by atoms with Crippen molar-refractivity contribution in [2.75, 3.05) is 7.11 Å². The maximum atomic E-state index is 12.8. The number of hydrogen-bond acceptors (Lipinski definition) is 8. The van der Waals surface area contributed by atoms with Crippen molar-refractivity contribution in [1.29, 1.82) is 0 Å². The van der Waals surface area contributed by atoms with Gasteiger partial charge in [0.1, 0.15) is 5.69 Å². The van der Waals surface area contributed by atoms with E-state index in [0.717, 1.165) is 0 Å². The predicted molar refractivity (Wildman–Crippen MR) is 132 cm³/mol. The molecule has 2 heterocycles. The highest BCUT2D eigenvalue weighted by Crippen LogP contribution is 2.37. The Morgan fingerprint density at radius 2 is 1.92 bits per heavy atom. The Morgan fingerprint density at radius 3 is 2.69 bits per heavy atom. The predicted octanol–water partition coefficient (Wildman–Crippen LogP) is 5.61. The molecule has 5 rings (SSSR count). The molecule has 36 heavy (non-hydrogen) atoms. The number of azo groups is 1. The molecule has 0 unspecified atom stereocenters. The zero-order chi connectivity index (χ0) is 25.4. The Kier molecular flexibility index (Phi) is 5.74. The maximum absolute atomic E-state index is 12.8. The molecule has 0 radical (unpaired) electrons. The van der Waals surface area contributed by atoms with Crippen LogP contribution in [0.5, 0.6) is 0 Å². The van der Waals surface area contributed by atoms with Crippen molar-refractivity contribution in [3.63, 3.8) is 0 Å². The number of esters is 1. The van der Waals surface area contributed by atoms with Crippen LogP contribution in [0.25, 0.3) is 27.8 Å². The van der Waals surface area contributed by atoms with Crippen LogP contribution < -0.4 is 5.56 Å². The number of aromatic nitrogens is 3. The molecule has 0 spiro atoms. The number of para-hydroxylation sites is 1. The van der Waals surface area contributed by atoms with Gasteiger partial charge >= 0.3 is 5.97 Å². The number of fused-ring (bicyclic) bond motifs is 3. The third kappa shape index (κ3) is 3.97. The first-order chi connectivity index (χ1) is 17.4. The van der Waals surface area contributed by atoms with Crippen LogP contribution in [-0.4, -0.2) is 32.6 Å². The van der Waals surface area contributed by atoms with Gasteiger partial charge in [0, 0.05) is 16.7 Å². The zero-order valence-electron chi connectivity index (χ0n) is 18.5. The van der Waals surface area contributed by atoms with Crippen molar-refractivity contribution in [2.45, 2.75) is 0 Å². The van der Waals surface area contributed by atoms with E-state index in [0.29, 0.717) is 16.5 Å². The number of ether oxygens (including phenoxy) is 1. The highest BCUT2D eigenvalue weighted by Gasteiger charge is 2.20. The molecule has 11 nitrogen and oxygen atoms in total. The van der Waals surface area contributed by atoms with E-state index in [1.807, 2.05) is 0 Å². The van der Waals surface area contributed by atoms with Gasteiger partial charge in [0.05, 0.1) is 28.5 Å². The van der Waals surface area contributed by atoms with E-state index in [4.69, 9.17) is 16.3 Å². The summed E-state index contributed by atoms with van der Waals surface area (Å²) in [5.41, 5.74) is 1.18. The number of nitro groups is 1. The number of nitrogens with one attached hydrogen (secondary N) is 1. The van der Waals surface area contributed by atoms with E-state index in [-0.39, 0.29) is 44.5 Å². The number of nitro benzene ring substituents is 1. The van der Waals surface area contributed by atoms with E-state index in [1.165, 1.54) is 29.8 Å². The Balaban J connectivity index is 1.79. The minimum absolute atomic E-state index is 0.0406. The average Bonchev–Trinajstić information content (AvgIpc) is 3.26. The molecule has 12 heteroatoms. The van der Waals surface area contributed by atoms with Crippen LogP contribution in [0, 0.1) is 10.1 Å². The molecule has 0 atom stereocenters. The fourth-order valence-electron chi connectivity index (χ4n) is 3.75. The smallest absolute Gasteiger partial charge is 0.337 e. The standard InChI is InChI=1S/C24H15ClN6O5/c1-36-24(33)14-6-4-5-13(11-14)20-21(28-27-17-10-9-15(25)12-19(17)31(34)35)22-26-23(32)16-7-2-3-8-18(16)30(22)29-20/h2-12H,1H3,(H,26,32). The second-order valence-electron chi connectivity index (χ2n) is 7.59. The molecule has 0 aliphatic carbocycles. The van der Waals surface area contributed by atoms with Crippen molar-refractivity contribution in [1.82, 2.24) is 14.6 Å². The SMILES string of the molecule is COC(=O)c1cccc(-c2nn3c([nH]c(=O)c4ccccc43)c2N=Nc2ccc(Cl)cc2[N+](=O)[O-])c1. The third-order valence-electron chi connectivity index (χ3n) is 5.42. The van der Waals surface area contributed by atoms with Gasteiger partial charge in [-0.25, -0.2) is 9.31 Å². The van der Waals surface area contributed by atoms with Crippen LogP contribution in [0.15, 0.2) is 81.8 Å². The highest BCUT2D eigenvalue weighted by molar-refractivity contribution is 6.30. The number of rotatable bonds is 5. The molecule has 2 aromatic heterocycles. The maximum Gasteiger partial charge on any atom is 0.337 e. The number of carbonyl (C=O) groups is 1. The molecule has 0 bridgehead atoms. The number of halogens is 1. The van der Waals surface area contributed by atoms with Gasteiger partial charge in [0.25, 0.3) is 11.2 Å². The van der Waals surface area contributed by atoms with Crippen molar-refractivity contribution in [3.8, 4) is 11.3 Å². The molecule has 0 aliphatic rings. The summed E-state index contributed by atoms with van der Waals surface area (Å²) in [5, 5.41) is 25.1. The van der Waals surface area contributed by atoms with Gasteiger partial charge in [-0.1, -0.05) is 35.9 Å². The van der Waals surface area contributed by atoms with Gasteiger partial charge in [-0.15, -0.1) is 10.2 Å². The summed E-state index contributed by atoms with van der Waals surface area (Å²) in [6.07, 6.45) is 0. The summed E-state index contributed by atoms with van der Waals surface area (Å²) in [4.78, 5) is 38.5. The molecular formula is C24H15ClN6O5. The van der Waals surface area contributed by atoms with Gasteiger partial charge in [0.2, 0.25) is 0 Å². The van der Waals surface area contributed by atoms with E-state index in [9.17, 15) is 19.7 Å². The summed E-state index contributed by atoms with van der Waals surface area (Å²) in [5.74, 6) is -0.542. The molecular weight excluding hydrogens is 488 g/mol. The lowest BCUT2D eigenvalue weighted by Gasteiger charge is -2.02. The lowest BCUT2D eigenvalue weighted by Crippen LogP contribution is -2.09.